The molecule has 0 N–H and O–H groups in total. The average Bonchev–Trinajstić information content (AvgIpc) is 2.24. The largest absolute Gasteiger partial charge is 0.0779 e. The summed E-state index contributed by atoms with van der Waals surface area (Å²) in [6.07, 6.45) is 2.36. The second-order valence-electron chi connectivity index (χ2n) is 7.37. The van der Waals surface area contributed by atoms with Gasteiger partial charge in [-0.2, -0.15) is 0 Å². The highest BCUT2D eigenvalue weighted by atomic mass is 28.3. The maximum Gasteiger partial charge on any atom is 0.0779 e. The summed E-state index contributed by atoms with van der Waals surface area (Å²) >= 11 is 0. The van der Waals surface area contributed by atoms with Gasteiger partial charge >= 0.3 is 0 Å². The van der Waals surface area contributed by atoms with Crippen molar-refractivity contribution in [2.75, 3.05) is 0 Å². The zero-order valence-electron chi connectivity index (χ0n) is 13.6. The van der Waals surface area contributed by atoms with Crippen LogP contribution in [0.15, 0.2) is 12.1 Å². The summed E-state index contributed by atoms with van der Waals surface area (Å²) in [7, 11) is -2.43. The predicted molar refractivity (Wildman–Crippen MR) is 91.2 cm³/mol. The molecule has 1 aromatic rings. The van der Waals surface area contributed by atoms with Crippen LogP contribution < -0.4 is 10.4 Å². The van der Waals surface area contributed by atoms with E-state index in [1.165, 1.54) is 12.8 Å². The molecule has 0 unspecified atom stereocenters. The van der Waals surface area contributed by atoms with Crippen molar-refractivity contribution in [3.63, 3.8) is 0 Å². The summed E-state index contributed by atoms with van der Waals surface area (Å²) < 4.78 is 0. The van der Waals surface area contributed by atoms with Gasteiger partial charge in [-0.3, -0.25) is 0 Å². The van der Waals surface area contributed by atoms with Gasteiger partial charge < -0.3 is 0 Å². The van der Waals surface area contributed by atoms with E-state index in [-0.39, 0.29) is 0 Å². The lowest BCUT2D eigenvalue weighted by molar-refractivity contribution is 1.12. The van der Waals surface area contributed by atoms with Crippen LogP contribution in [0.4, 0.5) is 0 Å². The van der Waals surface area contributed by atoms with Crippen LogP contribution >= 0.6 is 0 Å². The Morgan fingerprint density at radius 2 is 0.944 bits per heavy atom. The van der Waals surface area contributed by atoms with Crippen molar-refractivity contribution in [1.82, 2.24) is 0 Å². The molecule has 0 fully saturated rings. The van der Waals surface area contributed by atoms with Gasteiger partial charge in [0.2, 0.25) is 0 Å². The van der Waals surface area contributed by atoms with Crippen molar-refractivity contribution in [3.05, 3.63) is 23.3 Å². The Morgan fingerprint density at radius 3 is 1.11 bits per heavy atom. The van der Waals surface area contributed by atoms with Gasteiger partial charge in [0, 0.05) is 0 Å². The molecule has 0 amide bonds. The van der Waals surface area contributed by atoms with Gasteiger partial charge in [-0.05, 0) is 24.0 Å². The molecule has 0 spiro atoms. The smallest absolute Gasteiger partial charge is 0.0656 e. The van der Waals surface area contributed by atoms with Crippen LogP contribution in [-0.2, 0) is 12.8 Å². The predicted octanol–water partition coefficient (Wildman–Crippen LogP) is 3.90. The minimum Gasteiger partial charge on any atom is -0.0656 e. The van der Waals surface area contributed by atoms with E-state index in [2.05, 4.69) is 65.3 Å². The fourth-order valence-corrected chi connectivity index (χ4v) is 6.31. The van der Waals surface area contributed by atoms with E-state index in [9.17, 15) is 0 Å². The fourth-order valence-electron chi connectivity index (χ4n) is 2.67. The number of aryl methyl sites for hydroxylation is 2. The van der Waals surface area contributed by atoms with Crippen molar-refractivity contribution in [2.45, 2.75) is 66.0 Å². The Balaban J connectivity index is 3.52. The van der Waals surface area contributed by atoms with Crippen LogP contribution in [0.25, 0.3) is 0 Å². The molecule has 0 aliphatic carbocycles. The standard InChI is InChI=1S/C16H30Si2/c1-9-13-11-16(18(6,7)8)14(10-2)12-15(13)17(3,4)5/h11-12H,9-10H2,1-8H3. The summed E-state index contributed by atoms with van der Waals surface area (Å²) in [5, 5.41) is 3.37. The normalized spacial score (nSPS) is 12.9. The molecule has 0 heterocycles. The highest BCUT2D eigenvalue weighted by Gasteiger charge is 2.25. The Morgan fingerprint density at radius 1 is 0.667 bits per heavy atom. The first kappa shape index (κ1) is 15.7. The Hall–Kier alpha value is -0.346. The summed E-state index contributed by atoms with van der Waals surface area (Å²) in [6.45, 7) is 19.4. The highest BCUT2D eigenvalue weighted by Crippen LogP contribution is 2.14. The summed E-state index contributed by atoms with van der Waals surface area (Å²) in [6, 6.07) is 5.11. The van der Waals surface area contributed by atoms with Gasteiger partial charge in [0.1, 0.15) is 0 Å². The van der Waals surface area contributed by atoms with Gasteiger partial charge in [0.05, 0.1) is 16.1 Å². The first-order valence-corrected chi connectivity index (χ1v) is 14.3. The Labute approximate surface area is 116 Å². The average molecular weight is 279 g/mol. The van der Waals surface area contributed by atoms with Gasteiger partial charge in [-0.25, -0.2) is 0 Å². The van der Waals surface area contributed by atoms with E-state index in [1.807, 2.05) is 0 Å². The van der Waals surface area contributed by atoms with Crippen molar-refractivity contribution in [2.24, 2.45) is 0 Å². The molecule has 1 aromatic carbocycles. The Bertz CT molecular complexity index is 378. The number of rotatable bonds is 4. The first-order chi connectivity index (χ1) is 8.11. The number of hydrogen-bond donors (Lipinski definition) is 0. The van der Waals surface area contributed by atoms with Crippen molar-refractivity contribution in [3.8, 4) is 0 Å². The third-order valence-electron chi connectivity index (χ3n) is 3.71. The lowest BCUT2D eigenvalue weighted by Gasteiger charge is -2.27. The molecule has 0 bridgehead atoms. The lowest BCUT2D eigenvalue weighted by atomic mass is 10.1. The van der Waals surface area contributed by atoms with Crippen LogP contribution in [0.1, 0.15) is 25.0 Å². The van der Waals surface area contributed by atoms with Gasteiger partial charge in [0.25, 0.3) is 0 Å². The monoisotopic (exact) mass is 278 g/mol. The van der Waals surface area contributed by atoms with Crippen LogP contribution in [-0.4, -0.2) is 16.1 Å². The SMILES string of the molecule is CCc1cc([Si](C)(C)C)c(CC)cc1[Si](C)(C)C. The van der Waals surface area contributed by atoms with E-state index in [1.54, 1.807) is 21.5 Å². The van der Waals surface area contributed by atoms with Crippen LogP contribution in [0.2, 0.25) is 39.3 Å². The quantitative estimate of drug-likeness (QED) is 0.733. The zero-order chi connectivity index (χ0) is 14.1. The molecule has 0 aromatic heterocycles. The molecule has 0 saturated carbocycles. The van der Waals surface area contributed by atoms with Gasteiger partial charge in [-0.1, -0.05) is 75.6 Å². The van der Waals surface area contributed by atoms with E-state index in [4.69, 9.17) is 0 Å². The van der Waals surface area contributed by atoms with Crippen LogP contribution in [0, 0.1) is 0 Å². The number of benzene rings is 1. The summed E-state index contributed by atoms with van der Waals surface area (Å²) in [4.78, 5) is 0. The molecular weight excluding hydrogens is 248 g/mol. The maximum absolute atomic E-state index is 2.55. The minimum atomic E-state index is -1.21. The number of hydrogen-bond acceptors (Lipinski definition) is 0. The van der Waals surface area contributed by atoms with E-state index < -0.39 is 16.1 Å². The van der Waals surface area contributed by atoms with Gasteiger partial charge in [-0.15, -0.1) is 0 Å². The second kappa shape index (κ2) is 5.34. The molecule has 18 heavy (non-hydrogen) atoms. The van der Waals surface area contributed by atoms with Crippen molar-refractivity contribution < 1.29 is 0 Å². The minimum absolute atomic E-state index is 1.18. The summed E-state index contributed by atoms with van der Waals surface area (Å²) in [5.41, 5.74) is 3.23. The molecule has 0 aliphatic rings. The van der Waals surface area contributed by atoms with E-state index in [0.717, 1.165) is 0 Å². The third kappa shape index (κ3) is 3.35. The highest BCUT2D eigenvalue weighted by molar-refractivity contribution is 6.90. The first-order valence-electron chi connectivity index (χ1n) is 7.28. The van der Waals surface area contributed by atoms with Crippen molar-refractivity contribution in [1.29, 1.82) is 0 Å². The zero-order valence-corrected chi connectivity index (χ0v) is 15.6. The van der Waals surface area contributed by atoms with E-state index in [0.29, 0.717) is 0 Å². The molecular formula is C16H30Si2. The van der Waals surface area contributed by atoms with Gasteiger partial charge in [0.15, 0.2) is 0 Å². The van der Waals surface area contributed by atoms with E-state index >= 15 is 0 Å². The van der Waals surface area contributed by atoms with Crippen LogP contribution in [0.3, 0.4) is 0 Å². The molecule has 102 valence electrons. The molecule has 0 saturated heterocycles. The maximum atomic E-state index is 2.55. The molecule has 0 nitrogen and oxygen atoms in total. The molecule has 0 radical (unpaired) electrons. The second-order valence-corrected chi connectivity index (χ2v) is 17.5. The lowest BCUT2D eigenvalue weighted by Crippen LogP contribution is -2.46. The Kier molecular flexibility index (Phi) is 4.66. The van der Waals surface area contributed by atoms with Crippen molar-refractivity contribution >= 4 is 26.5 Å². The summed E-state index contributed by atoms with van der Waals surface area (Å²) in [5.74, 6) is 0. The molecule has 2 heteroatoms. The molecule has 0 atom stereocenters. The fraction of sp³-hybridized carbons (Fsp3) is 0.625. The molecule has 1 rings (SSSR count). The third-order valence-corrected chi connectivity index (χ3v) is 7.87. The molecule has 0 aliphatic heterocycles. The van der Waals surface area contributed by atoms with Crippen LogP contribution in [0.5, 0.6) is 0 Å². The topological polar surface area (TPSA) is 0 Å².